The van der Waals surface area contributed by atoms with Crippen molar-refractivity contribution >= 4 is 11.8 Å². The summed E-state index contributed by atoms with van der Waals surface area (Å²) in [5.74, 6) is -1.04. The van der Waals surface area contributed by atoms with Gasteiger partial charge in [0, 0.05) is 36.7 Å². The number of piperidine rings is 1. The Morgan fingerprint density at radius 1 is 1.14 bits per heavy atom. The fraction of sp³-hybridized carbons (Fsp3) is 0.636. The molecule has 1 aliphatic heterocycles. The number of hydrogen-bond donors (Lipinski definition) is 1. The number of nitrogens with zero attached hydrogens (tertiary/aromatic N) is 1. The molecule has 1 aromatic rings. The van der Waals surface area contributed by atoms with Gasteiger partial charge in [0.1, 0.15) is 11.6 Å². The van der Waals surface area contributed by atoms with Crippen LogP contribution in [-0.2, 0) is 15.0 Å². The molecule has 1 aliphatic carbocycles. The van der Waals surface area contributed by atoms with E-state index in [2.05, 4.69) is 19.2 Å². The Morgan fingerprint density at radius 3 is 2.29 bits per heavy atom. The van der Waals surface area contributed by atoms with Gasteiger partial charge in [-0.25, -0.2) is 8.78 Å². The number of hydrogen-bond acceptors (Lipinski definition) is 2. The van der Waals surface area contributed by atoms with Crippen molar-refractivity contribution in [2.75, 3.05) is 13.1 Å². The molecular weight excluding hydrogens is 362 g/mol. The number of likely N-dealkylation sites (tertiary alicyclic amines) is 1. The van der Waals surface area contributed by atoms with E-state index in [4.69, 9.17) is 0 Å². The maximum Gasteiger partial charge on any atom is 0.233 e. The Hall–Kier alpha value is -1.98. The summed E-state index contributed by atoms with van der Waals surface area (Å²) in [5.41, 5.74) is -0.574. The maximum absolute atomic E-state index is 14.4. The average Bonchev–Trinajstić information content (AvgIpc) is 2.62. The van der Waals surface area contributed by atoms with Gasteiger partial charge in [-0.1, -0.05) is 26.3 Å². The topological polar surface area (TPSA) is 49.4 Å². The second-order valence-corrected chi connectivity index (χ2v) is 8.67. The molecule has 6 heteroatoms. The summed E-state index contributed by atoms with van der Waals surface area (Å²) in [6.07, 6.45) is 3.25. The fourth-order valence-electron chi connectivity index (χ4n) is 4.16. The zero-order chi connectivity index (χ0) is 20.5. The van der Waals surface area contributed by atoms with Crippen molar-refractivity contribution in [1.29, 1.82) is 0 Å². The van der Waals surface area contributed by atoms with Crippen LogP contribution in [0.2, 0.25) is 0 Å². The van der Waals surface area contributed by atoms with Crippen LogP contribution in [0.5, 0.6) is 0 Å². The van der Waals surface area contributed by atoms with Gasteiger partial charge in [0.25, 0.3) is 0 Å². The van der Waals surface area contributed by atoms with Gasteiger partial charge >= 0.3 is 0 Å². The molecule has 4 nitrogen and oxygen atoms in total. The van der Waals surface area contributed by atoms with E-state index in [9.17, 15) is 18.4 Å². The molecule has 1 aromatic carbocycles. The van der Waals surface area contributed by atoms with E-state index in [-0.39, 0.29) is 23.8 Å². The van der Waals surface area contributed by atoms with Crippen molar-refractivity contribution in [3.05, 3.63) is 35.4 Å². The van der Waals surface area contributed by atoms with E-state index in [1.54, 1.807) is 4.90 Å². The van der Waals surface area contributed by atoms with Gasteiger partial charge in [-0.3, -0.25) is 9.59 Å². The predicted octanol–water partition coefficient (Wildman–Crippen LogP) is 3.79. The lowest BCUT2D eigenvalue weighted by Gasteiger charge is -2.45. The van der Waals surface area contributed by atoms with E-state index in [1.807, 2.05) is 6.92 Å². The first-order valence-electron chi connectivity index (χ1n) is 10.3. The molecule has 0 aromatic heterocycles. The lowest BCUT2D eigenvalue weighted by molar-refractivity contribution is -0.144. The second-order valence-electron chi connectivity index (χ2n) is 8.67. The molecule has 2 amide bonds. The third-order valence-corrected chi connectivity index (χ3v) is 6.59. The van der Waals surface area contributed by atoms with Crippen molar-refractivity contribution in [1.82, 2.24) is 10.2 Å². The number of rotatable bonds is 5. The molecule has 1 N–H and O–H groups in total. The standard InChI is InChI=1S/C22H30F2N2O2/c1-14(2)15(3)25-20(27)16-7-11-26(12-8-16)21(28)22(9-4-10-22)18-6-5-17(23)13-19(18)24/h5-6,13-16H,4,7-12H2,1-3H3,(H,25,27). The summed E-state index contributed by atoms with van der Waals surface area (Å²) in [4.78, 5) is 27.5. The minimum absolute atomic E-state index is 0.0521. The van der Waals surface area contributed by atoms with Crippen LogP contribution in [-0.4, -0.2) is 35.8 Å². The first kappa shape index (κ1) is 20.7. The van der Waals surface area contributed by atoms with Gasteiger partial charge < -0.3 is 10.2 Å². The predicted molar refractivity (Wildman–Crippen MR) is 104 cm³/mol. The molecule has 0 bridgehead atoms. The Bertz CT molecular complexity index is 738. The molecule has 1 saturated carbocycles. The van der Waals surface area contributed by atoms with Crippen LogP contribution in [0.3, 0.4) is 0 Å². The molecule has 154 valence electrons. The molecular formula is C22H30F2N2O2. The summed E-state index contributed by atoms with van der Waals surface area (Å²) in [6.45, 7) is 7.13. The monoisotopic (exact) mass is 392 g/mol. The van der Waals surface area contributed by atoms with E-state index >= 15 is 0 Å². The number of benzene rings is 1. The SMILES string of the molecule is CC(C)C(C)NC(=O)C1CCN(C(=O)C2(c3ccc(F)cc3F)CCC2)CC1. The van der Waals surface area contributed by atoms with Crippen LogP contribution in [0.15, 0.2) is 18.2 Å². The number of amides is 2. The summed E-state index contributed by atoms with van der Waals surface area (Å²) >= 11 is 0. The quantitative estimate of drug-likeness (QED) is 0.829. The Balaban J connectivity index is 1.65. The zero-order valence-corrected chi connectivity index (χ0v) is 16.9. The van der Waals surface area contributed by atoms with E-state index in [1.165, 1.54) is 12.1 Å². The third kappa shape index (κ3) is 3.91. The third-order valence-electron chi connectivity index (χ3n) is 6.59. The van der Waals surface area contributed by atoms with Crippen molar-refractivity contribution in [3.63, 3.8) is 0 Å². The van der Waals surface area contributed by atoms with Gasteiger partial charge in [0.05, 0.1) is 5.41 Å². The van der Waals surface area contributed by atoms with E-state index in [0.29, 0.717) is 50.3 Å². The van der Waals surface area contributed by atoms with E-state index < -0.39 is 17.0 Å². The molecule has 28 heavy (non-hydrogen) atoms. The van der Waals surface area contributed by atoms with Gasteiger partial charge in [-0.2, -0.15) is 0 Å². The number of carbonyl (C=O) groups is 2. The van der Waals surface area contributed by atoms with Gasteiger partial charge in [-0.05, 0) is 44.6 Å². The Morgan fingerprint density at radius 2 is 1.79 bits per heavy atom. The first-order valence-corrected chi connectivity index (χ1v) is 10.3. The molecule has 3 rings (SSSR count). The van der Waals surface area contributed by atoms with Crippen molar-refractivity contribution in [2.24, 2.45) is 11.8 Å². The molecule has 0 spiro atoms. The molecule has 2 aliphatic rings. The van der Waals surface area contributed by atoms with Crippen molar-refractivity contribution in [3.8, 4) is 0 Å². The summed E-state index contributed by atoms with van der Waals surface area (Å²) < 4.78 is 27.7. The van der Waals surface area contributed by atoms with Crippen LogP contribution in [0.1, 0.15) is 58.4 Å². The fourth-order valence-corrected chi connectivity index (χ4v) is 4.16. The highest BCUT2D eigenvalue weighted by Crippen LogP contribution is 2.46. The second kappa shape index (κ2) is 8.18. The molecule has 2 fully saturated rings. The maximum atomic E-state index is 14.4. The smallest absolute Gasteiger partial charge is 0.233 e. The molecule has 1 saturated heterocycles. The number of nitrogens with one attached hydrogen (secondary N) is 1. The Labute approximate surface area is 165 Å². The molecule has 1 atom stereocenters. The summed E-state index contributed by atoms with van der Waals surface area (Å²) in [5, 5.41) is 3.06. The molecule has 1 heterocycles. The van der Waals surface area contributed by atoms with Gasteiger partial charge in [0.2, 0.25) is 11.8 Å². The summed E-state index contributed by atoms with van der Waals surface area (Å²) in [7, 11) is 0. The van der Waals surface area contributed by atoms with Crippen LogP contribution < -0.4 is 5.32 Å². The lowest BCUT2D eigenvalue weighted by atomic mass is 9.63. The normalized spacial score (nSPS) is 20.6. The number of halogens is 2. The first-order chi connectivity index (χ1) is 13.2. The molecule has 0 radical (unpaired) electrons. The van der Waals surface area contributed by atoms with Gasteiger partial charge in [-0.15, -0.1) is 0 Å². The van der Waals surface area contributed by atoms with Crippen molar-refractivity contribution < 1.29 is 18.4 Å². The summed E-state index contributed by atoms with van der Waals surface area (Å²) in [6, 6.07) is 3.61. The minimum atomic E-state index is -0.876. The number of carbonyl (C=O) groups excluding carboxylic acids is 2. The molecule has 1 unspecified atom stereocenters. The highest BCUT2D eigenvalue weighted by atomic mass is 19.1. The Kier molecular flexibility index (Phi) is 6.06. The van der Waals surface area contributed by atoms with Crippen LogP contribution >= 0.6 is 0 Å². The van der Waals surface area contributed by atoms with Crippen LogP contribution in [0.4, 0.5) is 8.78 Å². The largest absolute Gasteiger partial charge is 0.353 e. The lowest BCUT2D eigenvalue weighted by Crippen LogP contribution is -2.54. The van der Waals surface area contributed by atoms with Gasteiger partial charge in [0.15, 0.2) is 0 Å². The average molecular weight is 392 g/mol. The van der Waals surface area contributed by atoms with Crippen LogP contribution in [0, 0.1) is 23.5 Å². The zero-order valence-electron chi connectivity index (χ0n) is 16.9. The minimum Gasteiger partial charge on any atom is -0.353 e. The van der Waals surface area contributed by atoms with E-state index in [0.717, 1.165) is 12.5 Å². The van der Waals surface area contributed by atoms with Crippen molar-refractivity contribution in [2.45, 2.75) is 64.3 Å². The highest BCUT2D eigenvalue weighted by molar-refractivity contribution is 5.89. The van der Waals surface area contributed by atoms with Crippen LogP contribution in [0.25, 0.3) is 0 Å². The highest BCUT2D eigenvalue weighted by Gasteiger charge is 2.49.